The summed E-state index contributed by atoms with van der Waals surface area (Å²) in [5.41, 5.74) is 2.01. The molecular formula is C15H18N4O3S. The van der Waals surface area contributed by atoms with Gasteiger partial charge in [-0.2, -0.15) is 0 Å². The number of anilines is 1. The second-order valence-corrected chi connectivity index (χ2v) is 6.68. The zero-order valence-electron chi connectivity index (χ0n) is 12.6. The SMILES string of the molecule is CS(=O)(=O)Nc1cccc(CNC(=O)NCc2ccccn2)c1. The molecule has 23 heavy (non-hydrogen) atoms. The molecule has 2 amide bonds. The normalized spacial score (nSPS) is 10.8. The zero-order valence-corrected chi connectivity index (χ0v) is 13.4. The first kappa shape index (κ1) is 16.8. The molecule has 2 rings (SSSR count). The Labute approximate surface area is 135 Å². The lowest BCUT2D eigenvalue weighted by Gasteiger charge is -2.09. The Morgan fingerprint density at radius 3 is 2.57 bits per heavy atom. The van der Waals surface area contributed by atoms with Crippen molar-refractivity contribution >= 4 is 21.7 Å². The van der Waals surface area contributed by atoms with Crippen molar-refractivity contribution < 1.29 is 13.2 Å². The van der Waals surface area contributed by atoms with Crippen molar-refractivity contribution in [1.29, 1.82) is 0 Å². The van der Waals surface area contributed by atoms with Crippen molar-refractivity contribution in [1.82, 2.24) is 15.6 Å². The molecule has 1 aromatic heterocycles. The minimum atomic E-state index is -3.32. The molecule has 0 bridgehead atoms. The van der Waals surface area contributed by atoms with Gasteiger partial charge in [0, 0.05) is 18.4 Å². The third kappa shape index (κ3) is 6.35. The molecule has 0 saturated carbocycles. The van der Waals surface area contributed by atoms with E-state index in [9.17, 15) is 13.2 Å². The number of carbonyl (C=O) groups excluding carboxylic acids is 1. The van der Waals surface area contributed by atoms with E-state index in [1.807, 2.05) is 12.1 Å². The highest BCUT2D eigenvalue weighted by molar-refractivity contribution is 7.92. The molecule has 0 saturated heterocycles. The van der Waals surface area contributed by atoms with E-state index in [1.165, 1.54) is 0 Å². The van der Waals surface area contributed by atoms with E-state index in [-0.39, 0.29) is 12.6 Å². The summed E-state index contributed by atoms with van der Waals surface area (Å²) in [7, 11) is -3.32. The van der Waals surface area contributed by atoms with Crippen molar-refractivity contribution in [3.05, 3.63) is 59.9 Å². The maximum Gasteiger partial charge on any atom is 0.315 e. The van der Waals surface area contributed by atoms with Crippen LogP contribution in [0.25, 0.3) is 0 Å². The summed E-state index contributed by atoms with van der Waals surface area (Å²) in [5.74, 6) is 0. The van der Waals surface area contributed by atoms with E-state index in [2.05, 4.69) is 20.3 Å². The molecule has 0 fully saturated rings. The van der Waals surface area contributed by atoms with Gasteiger partial charge in [0.2, 0.25) is 10.0 Å². The summed E-state index contributed by atoms with van der Waals surface area (Å²) in [6.07, 6.45) is 2.75. The van der Waals surface area contributed by atoms with E-state index in [0.717, 1.165) is 17.5 Å². The van der Waals surface area contributed by atoms with Crippen molar-refractivity contribution in [2.45, 2.75) is 13.1 Å². The van der Waals surface area contributed by atoms with Crippen LogP contribution in [0.15, 0.2) is 48.7 Å². The predicted molar refractivity (Wildman–Crippen MR) is 88.2 cm³/mol. The number of amides is 2. The van der Waals surface area contributed by atoms with Gasteiger partial charge in [-0.15, -0.1) is 0 Å². The third-order valence-corrected chi connectivity index (χ3v) is 3.45. The lowest BCUT2D eigenvalue weighted by atomic mass is 10.2. The van der Waals surface area contributed by atoms with Crippen LogP contribution >= 0.6 is 0 Å². The van der Waals surface area contributed by atoms with E-state index < -0.39 is 10.0 Å². The average molecular weight is 334 g/mol. The molecule has 122 valence electrons. The van der Waals surface area contributed by atoms with E-state index >= 15 is 0 Å². The summed E-state index contributed by atoms with van der Waals surface area (Å²) in [5, 5.41) is 5.40. The first-order valence-electron chi connectivity index (χ1n) is 6.91. The largest absolute Gasteiger partial charge is 0.334 e. The Hall–Kier alpha value is -2.61. The van der Waals surface area contributed by atoms with E-state index in [0.29, 0.717) is 12.2 Å². The Morgan fingerprint density at radius 1 is 1.09 bits per heavy atom. The van der Waals surface area contributed by atoms with Crippen LogP contribution in [0, 0.1) is 0 Å². The van der Waals surface area contributed by atoms with Crippen molar-refractivity contribution in [2.24, 2.45) is 0 Å². The van der Waals surface area contributed by atoms with Gasteiger partial charge in [0.1, 0.15) is 0 Å². The molecular weight excluding hydrogens is 316 g/mol. The summed E-state index contributed by atoms with van der Waals surface area (Å²) < 4.78 is 24.8. The summed E-state index contributed by atoms with van der Waals surface area (Å²) in [4.78, 5) is 15.8. The molecule has 7 nitrogen and oxygen atoms in total. The Morgan fingerprint density at radius 2 is 1.87 bits per heavy atom. The Bertz CT molecular complexity index is 763. The number of nitrogens with one attached hydrogen (secondary N) is 3. The van der Waals surface area contributed by atoms with Gasteiger partial charge in [-0.3, -0.25) is 9.71 Å². The lowest BCUT2D eigenvalue weighted by Crippen LogP contribution is -2.34. The van der Waals surface area contributed by atoms with Gasteiger partial charge in [-0.1, -0.05) is 18.2 Å². The molecule has 1 aromatic carbocycles. The molecule has 1 heterocycles. The van der Waals surface area contributed by atoms with E-state index in [1.54, 1.807) is 36.5 Å². The van der Waals surface area contributed by atoms with Crippen molar-refractivity contribution in [2.75, 3.05) is 11.0 Å². The highest BCUT2D eigenvalue weighted by Crippen LogP contribution is 2.11. The molecule has 0 spiro atoms. The average Bonchev–Trinajstić information content (AvgIpc) is 2.51. The number of carbonyl (C=O) groups is 1. The number of aromatic nitrogens is 1. The van der Waals surface area contributed by atoms with Crippen LogP contribution in [0.3, 0.4) is 0 Å². The van der Waals surface area contributed by atoms with Crippen LogP contribution in [-0.4, -0.2) is 25.7 Å². The predicted octanol–water partition coefficient (Wildman–Crippen LogP) is 1.45. The maximum absolute atomic E-state index is 11.7. The minimum absolute atomic E-state index is 0.285. The van der Waals surface area contributed by atoms with Crippen molar-refractivity contribution in [3.63, 3.8) is 0 Å². The number of nitrogens with zero attached hydrogens (tertiary/aromatic N) is 1. The fraction of sp³-hybridized carbons (Fsp3) is 0.200. The van der Waals surface area contributed by atoms with E-state index in [4.69, 9.17) is 0 Å². The maximum atomic E-state index is 11.7. The topological polar surface area (TPSA) is 100 Å². The molecule has 0 radical (unpaired) electrons. The lowest BCUT2D eigenvalue weighted by molar-refractivity contribution is 0.240. The molecule has 0 aliphatic carbocycles. The molecule has 0 unspecified atom stereocenters. The number of benzene rings is 1. The fourth-order valence-corrected chi connectivity index (χ4v) is 2.43. The highest BCUT2D eigenvalue weighted by Gasteiger charge is 2.04. The van der Waals surface area contributed by atoms with Gasteiger partial charge in [0.05, 0.1) is 18.5 Å². The number of urea groups is 1. The van der Waals surface area contributed by atoms with Gasteiger partial charge in [-0.05, 0) is 29.8 Å². The van der Waals surface area contributed by atoms with Gasteiger partial charge in [-0.25, -0.2) is 13.2 Å². The number of hydrogen-bond donors (Lipinski definition) is 3. The first-order valence-corrected chi connectivity index (χ1v) is 8.80. The number of hydrogen-bond acceptors (Lipinski definition) is 4. The second-order valence-electron chi connectivity index (χ2n) is 4.93. The monoisotopic (exact) mass is 334 g/mol. The molecule has 8 heteroatoms. The number of rotatable bonds is 6. The van der Waals surface area contributed by atoms with Crippen molar-refractivity contribution in [3.8, 4) is 0 Å². The zero-order chi connectivity index (χ0) is 16.7. The van der Waals surface area contributed by atoms with Crippen LogP contribution in [0.1, 0.15) is 11.3 Å². The van der Waals surface area contributed by atoms with Gasteiger partial charge in [0.25, 0.3) is 0 Å². The third-order valence-electron chi connectivity index (χ3n) is 2.84. The standard InChI is InChI=1S/C15H18N4O3S/c1-23(21,22)19-13-7-4-5-12(9-13)10-17-15(20)18-11-14-6-2-3-8-16-14/h2-9,19H,10-11H2,1H3,(H2,17,18,20). The van der Waals surface area contributed by atoms with Crippen LogP contribution in [0.4, 0.5) is 10.5 Å². The summed E-state index contributed by atoms with van der Waals surface area (Å²) in [6.45, 7) is 0.621. The fourth-order valence-electron chi connectivity index (χ4n) is 1.88. The number of sulfonamides is 1. The molecule has 3 N–H and O–H groups in total. The molecule has 2 aromatic rings. The first-order chi connectivity index (χ1) is 10.9. The van der Waals surface area contributed by atoms with Crippen LogP contribution < -0.4 is 15.4 Å². The molecule has 0 atom stereocenters. The Kier molecular flexibility index (Phi) is 5.53. The van der Waals surface area contributed by atoms with Crippen LogP contribution in [0.5, 0.6) is 0 Å². The molecule has 0 aliphatic heterocycles. The van der Waals surface area contributed by atoms with Gasteiger partial charge in [0.15, 0.2) is 0 Å². The van der Waals surface area contributed by atoms with Gasteiger partial charge < -0.3 is 10.6 Å². The quantitative estimate of drug-likeness (QED) is 0.744. The minimum Gasteiger partial charge on any atom is -0.334 e. The second kappa shape index (κ2) is 7.59. The highest BCUT2D eigenvalue weighted by atomic mass is 32.2. The van der Waals surface area contributed by atoms with Crippen LogP contribution in [0.2, 0.25) is 0 Å². The summed E-state index contributed by atoms with van der Waals surface area (Å²) in [6, 6.07) is 12.0. The molecule has 0 aliphatic rings. The Balaban J connectivity index is 1.83. The van der Waals surface area contributed by atoms with Gasteiger partial charge >= 0.3 is 6.03 Å². The smallest absolute Gasteiger partial charge is 0.315 e. The summed E-state index contributed by atoms with van der Waals surface area (Å²) >= 11 is 0. The van der Waals surface area contributed by atoms with Crippen LogP contribution in [-0.2, 0) is 23.1 Å². The number of pyridine rings is 1.